The molecule has 13 heavy (non-hydrogen) atoms. The number of alkyl halides is 1. The molecule has 0 atom stereocenters. The molecule has 72 valence electrons. The van der Waals surface area contributed by atoms with Gasteiger partial charge in [0.25, 0.3) is 0 Å². The van der Waals surface area contributed by atoms with Gasteiger partial charge in [0.1, 0.15) is 5.82 Å². The van der Waals surface area contributed by atoms with Crippen molar-refractivity contribution in [3.8, 4) is 0 Å². The SMILES string of the molecule is O=c1n(CCCl)nc2n1CCCC2. The molecule has 1 aliphatic heterocycles. The largest absolute Gasteiger partial charge is 0.345 e. The van der Waals surface area contributed by atoms with Crippen LogP contribution in [0.3, 0.4) is 0 Å². The highest BCUT2D eigenvalue weighted by atomic mass is 35.5. The molecule has 0 saturated heterocycles. The maximum Gasteiger partial charge on any atom is 0.345 e. The van der Waals surface area contributed by atoms with Crippen LogP contribution in [0.2, 0.25) is 0 Å². The van der Waals surface area contributed by atoms with Gasteiger partial charge in [-0.25, -0.2) is 9.48 Å². The Morgan fingerprint density at radius 1 is 1.46 bits per heavy atom. The molecule has 0 aromatic carbocycles. The van der Waals surface area contributed by atoms with Crippen molar-refractivity contribution in [2.75, 3.05) is 5.88 Å². The summed E-state index contributed by atoms with van der Waals surface area (Å²) >= 11 is 5.56. The van der Waals surface area contributed by atoms with Crippen LogP contribution in [0.1, 0.15) is 18.7 Å². The van der Waals surface area contributed by atoms with Crippen molar-refractivity contribution >= 4 is 11.6 Å². The van der Waals surface area contributed by atoms with Crippen molar-refractivity contribution in [3.63, 3.8) is 0 Å². The second-order valence-electron chi connectivity index (χ2n) is 3.22. The summed E-state index contributed by atoms with van der Waals surface area (Å²) in [7, 11) is 0. The zero-order chi connectivity index (χ0) is 9.26. The third-order valence-corrected chi connectivity index (χ3v) is 2.50. The van der Waals surface area contributed by atoms with Gasteiger partial charge in [-0.15, -0.1) is 11.6 Å². The lowest BCUT2D eigenvalue weighted by Gasteiger charge is -2.09. The number of hydrogen-bond donors (Lipinski definition) is 0. The predicted molar refractivity (Wildman–Crippen MR) is 50.1 cm³/mol. The first-order valence-corrected chi connectivity index (χ1v) is 5.09. The molecule has 0 spiro atoms. The fourth-order valence-corrected chi connectivity index (χ4v) is 1.83. The monoisotopic (exact) mass is 201 g/mol. The van der Waals surface area contributed by atoms with Crippen molar-refractivity contribution in [1.29, 1.82) is 0 Å². The van der Waals surface area contributed by atoms with Crippen LogP contribution in [-0.2, 0) is 19.5 Å². The van der Waals surface area contributed by atoms with Gasteiger partial charge in [0.15, 0.2) is 0 Å². The number of aryl methyl sites for hydroxylation is 2. The van der Waals surface area contributed by atoms with E-state index in [4.69, 9.17) is 11.6 Å². The second kappa shape index (κ2) is 3.54. The van der Waals surface area contributed by atoms with E-state index in [1.165, 1.54) is 4.68 Å². The molecule has 0 amide bonds. The van der Waals surface area contributed by atoms with Crippen LogP contribution in [0.15, 0.2) is 4.79 Å². The number of halogens is 1. The van der Waals surface area contributed by atoms with Gasteiger partial charge in [-0.3, -0.25) is 4.57 Å². The summed E-state index contributed by atoms with van der Waals surface area (Å²) in [5.74, 6) is 1.36. The summed E-state index contributed by atoms with van der Waals surface area (Å²) in [6, 6.07) is 0. The normalized spacial score (nSPS) is 15.8. The van der Waals surface area contributed by atoms with Gasteiger partial charge < -0.3 is 0 Å². The van der Waals surface area contributed by atoms with Gasteiger partial charge in [0.2, 0.25) is 0 Å². The van der Waals surface area contributed by atoms with Crippen molar-refractivity contribution in [3.05, 3.63) is 16.3 Å². The zero-order valence-electron chi connectivity index (χ0n) is 7.37. The Hall–Kier alpha value is -0.770. The van der Waals surface area contributed by atoms with Crippen LogP contribution < -0.4 is 5.69 Å². The Morgan fingerprint density at radius 2 is 2.31 bits per heavy atom. The summed E-state index contributed by atoms with van der Waals surface area (Å²) in [5, 5.41) is 4.22. The molecule has 5 heteroatoms. The van der Waals surface area contributed by atoms with Crippen LogP contribution in [-0.4, -0.2) is 20.2 Å². The van der Waals surface area contributed by atoms with Crippen LogP contribution in [0, 0.1) is 0 Å². The molecule has 2 rings (SSSR count). The second-order valence-corrected chi connectivity index (χ2v) is 3.60. The highest BCUT2D eigenvalue weighted by Gasteiger charge is 2.15. The number of nitrogens with zero attached hydrogens (tertiary/aromatic N) is 3. The highest BCUT2D eigenvalue weighted by Crippen LogP contribution is 2.08. The molecule has 0 saturated carbocycles. The Bertz CT molecular complexity index is 355. The first-order chi connectivity index (χ1) is 6.33. The van der Waals surface area contributed by atoms with Gasteiger partial charge in [-0.2, -0.15) is 5.10 Å². The minimum Gasteiger partial charge on any atom is -0.279 e. The number of fused-ring (bicyclic) bond motifs is 1. The maximum absolute atomic E-state index is 11.6. The van der Waals surface area contributed by atoms with Crippen molar-refractivity contribution in [2.24, 2.45) is 0 Å². The van der Waals surface area contributed by atoms with Gasteiger partial charge in [-0.05, 0) is 12.8 Å². The predicted octanol–water partition coefficient (Wildman–Crippen LogP) is 0.620. The minimum absolute atomic E-state index is 0.00431. The van der Waals surface area contributed by atoms with E-state index in [9.17, 15) is 4.79 Å². The third kappa shape index (κ3) is 1.50. The van der Waals surface area contributed by atoms with Gasteiger partial charge >= 0.3 is 5.69 Å². The topological polar surface area (TPSA) is 39.8 Å². The first-order valence-electron chi connectivity index (χ1n) is 4.55. The molecule has 4 nitrogen and oxygen atoms in total. The van der Waals surface area contributed by atoms with Gasteiger partial charge in [0, 0.05) is 18.8 Å². The smallest absolute Gasteiger partial charge is 0.279 e. The van der Waals surface area contributed by atoms with E-state index in [0.29, 0.717) is 12.4 Å². The van der Waals surface area contributed by atoms with Gasteiger partial charge in [-0.1, -0.05) is 0 Å². The minimum atomic E-state index is -0.00431. The average molecular weight is 202 g/mol. The van der Waals surface area contributed by atoms with E-state index in [0.717, 1.165) is 31.6 Å². The fraction of sp³-hybridized carbons (Fsp3) is 0.750. The van der Waals surface area contributed by atoms with Crippen molar-refractivity contribution < 1.29 is 0 Å². The number of hydrogen-bond acceptors (Lipinski definition) is 2. The lowest BCUT2D eigenvalue weighted by atomic mass is 10.2. The molecule has 0 bridgehead atoms. The van der Waals surface area contributed by atoms with Crippen LogP contribution in [0.4, 0.5) is 0 Å². The molecule has 0 aliphatic carbocycles. The zero-order valence-corrected chi connectivity index (χ0v) is 8.13. The van der Waals surface area contributed by atoms with E-state index in [1.807, 2.05) is 0 Å². The molecule has 1 aromatic heterocycles. The van der Waals surface area contributed by atoms with E-state index in [2.05, 4.69) is 5.10 Å². The molecule has 0 unspecified atom stereocenters. The van der Waals surface area contributed by atoms with Crippen molar-refractivity contribution in [1.82, 2.24) is 14.3 Å². The molecule has 0 fully saturated rings. The van der Waals surface area contributed by atoms with E-state index < -0.39 is 0 Å². The van der Waals surface area contributed by atoms with Crippen LogP contribution in [0.25, 0.3) is 0 Å². The maximum atomic E-state index is 11.6. The highest BCUT2D eigenvalue weighted by molar-refractivity contribution is 6.17. The van der Waals surface area contributed by atoms with E-state index in [-0.39, 0.29) is 5.69 Å². The third-order valence-electron chi connectivity index (χ3n) is 2.33. The van der Waals surface area contributed by atoms with Crippen molar-refractivity contribution in [2.45, 2.75) is 32.4 Å². The Balaban J connectivity index is 2.39. The van der Waals surface area contributed by atoms with E-state index >= 15 is 0 Å². The number of aromatic nitrogens is 3. The fourth-order valence-electron chi connectivity index (χ4n) is 1.67. The summed E-state index contributed by atoms with van der Waals surface area (Å²) in [6.07, 6.45) is 3.14. The molecule has 1 aliphatic rings. The molecule has 1 aromatic rings. The average Bonchev–Trinajstić information content (AvgIpc) is 2.46. The lowest BCUT2D eigenvalue weighted by Crippen LogP contribution is -2.27. The Morgan fingerprint density at radius 3 is 3.00 bits per heavy atom. The molecule has 2 heterocycles. The first kappa shape index (κ1) is 8.81. The molecule has 0 radical (unpaired) electrons. The summed E-state index contributed by atoms with van der Waals surface area (Å²) in [6.45, 7) is 1.33. The standard InChI is InChI=1S/C8H12ClN3O/c9-4-6-12-8(13)11-5-2-1-3-7(11)10-12/h1-6H2. The quantitative estimate of drug-likeness (QED) is 0.659. The van der Waals surface area contributed by atoms with Gasteiger partial charge in [0.05, 0.1) is 6.54 Å². The molecular formula is C8H12ClN3O. The van der Waals surface area contributed by atoms with Crippen LogP contribution >= 0.6 is 11.6 Å². The number of rotatable bonds is 2. The molecule has 0 N–H and O–H groups in total. The Labute approximate surface area is 81.1 Å². The molecular weight excluding hydrogens is 190 g/mol. The summed E-state index contributed by atoms with van der Waals surface area (Å²) in [4.78, 5) is 11.6. The lowest BCUT2D eigenvalue weighted by molar-refractivity contribution is 0.511. The Kier molecular flexibility index (Phi) is 2.40. The van der Waals surface area contributed by atoms with Crippen LogP contribution in [0.5, 0.6) is 0 Å². The summed E-state index contributed by atoms with van der Waals surface area (Å²) < 4.78 is 3.23. The summed E-state index contributed by atoms with van der Waals surface area (Å²) in [5.41, 5.74) is -0.00431. The van der Waals surface area contributed by atoms with E-state index in [1.54, 1.807) is 4.57 Å².